The summed E-state index contributed by atoms with van der Waals surface area (Å²) in [6.07, 6.45) is 1.73. The minimum atomic E-state index is -0.330. The lowest BCUT2D eigenvalue weighted by atomic mass is 9.98. The van der Waals surface area contributed by atoms with Crippen LogP contribution in [0.4, 0.5) is 5.95 Å². The molecule has 48 heavy (non-hydrogen) atoms. The predicted octanol–water partition coefficient (Wildman–Crippen LogP) is 5.73. The van der Waals surface area contributed by atoms with Crippen molar-refractivity contribution in [2.75, 3.05) is 19.5 Å². The van der Waals surface area contributed by atoms with Crippen LogP contribution in [0.25, 0.3) is 22.2 Å². The van der Waals surface area contributed by atoms with E-state index >= 15 is 0 Å². The summed E-state index contributed by atoms with van der Waals surface area (Å²) in [5.41, 5.74) is 7.42. The molecule has 12 heteroatoms. The Hall–Kier alpha value is -6.04. The summed E-state index contributed by atoms with van der Waals surface area (Å²) in [4.78, 5) is 31.4. The fourth-order valence-electron chi connectivity index (χ4n) is 5.73. The number of carbonyl (C=O) groups excluding carboxylic acids is 2. The number of aromatic amines is 1. The van der Waals surface area contributed by atoms with Gasteiger partial charge in [-0.15, -0.1) is 5.10 Å². The minimum absolute atomic E-state index is 0.106. The highest BCUT2D eigenvalue weighted by atomic mass is 16.5. The van der Waals surface area contributed by atoms with Crippen LogP contribution in [0.15, 0.2) is 78.9 Å². The third-order valence-corrected chi connectivity index (χ3v) is 8.11. The van der Waals surface area contributed by atoms with Gasteiger partial charge in [0.25, 0.3) is 17.8 Å². The molecule has 2 aromatic heterocycles. The molecular weight excluding hydrogens is 608 g/mol. The number of amides is 2. The number of carbonyl (C=O) groups is 2. The number of methoxy groups -OCH3 is 2. The Kier molecular flexibility index (Phi) is 9.42. The lowest BCUT2D eigenvalue weighted by Gasteiger charge is -2.13. The van der Waals surface area contributed by atoms with Crippen LogP contribution in [0, 0.1) is 6.92 Å². The molecule has 0 saturated heterocycles. The van der Waals surface area contributed by atoms with Crippen LogP contribution in [-0.2, 0) is 19.5 Å². The van der Waals surface area contributed by atoms with Crippen LogP contribution in [0.2, 0.25) is 0 Å². The predicted molar refractivity (Wildman–Crippen MR) is 182 cm³/mol. The zero-order chi connectivity index (χ0) is 33.6. The van der Waals surface area contributed by atoms with Crippen LogP contribution in [0.1, 0.15) is 56.6 Å². The largest absolute Gasteiger partial charge is 0.493 e. The van der Waals surface area contributed by atoms with Crippen LogP contribution < -0.4 is 20.1 Å². The molecule has 0 fully saturated rings. The van der Waals surface area contributed by atoms with E-state index in [9.17, 15) is 9.59 Å². The number of aryl methyl sites for hydroxylation is 2. The number of aromatic nitrogens is 6. The average molecular weight is 645 g/mol. The molecule has 0 radical (unpaired) electrons. The molecule has 0 unspecified atom stereocenters. The van der Waals surface area contributed by atoms with Crippen molar-refractivity contribution in [3.8, 4) is 22.6 Å². The normalized spacial score (nSPS) is 11.0. The fraction of sp³-hybridized carbons (Fsp3) is 0.222. The summed E-state index contributed by atoms with van der Waals surface area (Å²) in [5.74, 6) is 1.81. The number of hydrogen-bond acceptors (Lipinski definition) is 8. The van der Waals surface area contributed by atoms with Crippen molar-refractivity contribution in [3.05, 3.63) is 113 Å². The number of fused-ring (bicyclic) bond motifs is 1. The van der Waals surface area contributed by atoms with Crippen LogP contribution >= 0.6 is 0 Å². The quantitative estimate of drug-likeness (QED) is 0.153. The Morgan fingerprint density at radius 3 is 2.40 bits per heavy atom. The summed E-state index contributed by atoms with van der Waals surface area (Å²) >= 11 is 0. The third-order valence-electron chi connectivity index (χ3n) is 8.11. The molecule has 3 N–H and O–H groups in total. The molecule has 0 atom stereocenters. The Balaban J connectivity index is 1.25. The first-order valence-electron chi connectivity index (χ1n) is 15.6. The second-order valence-corrected chi connectivity index (χ2v) is 11.3. The molecule has 6 aromatic rings. The van der Waals surface area contributed by atoms with Crippen molar-refractivity contribution in [2.45, 2.75) is 39.8 Å². The molecule has 0 aliphatic heterocycles. The first kappa shape index (κ1) is 31.9. The molecule has 0 bridgehead atoms. The van der Waals surface area contributed by atoms with E-state index in [0.717, 1.165) is 57.5 Å². The van der Waals surface area contributed by atoms with Crippen molar-refractivity contribution >= 4 is 28.8 Å². The number of hydrogen-bond donors (Lipinski definition) is 3. The summed E-state index contributed by atoms with van der Waals surface area (Å²) in [6.45, 7) is 5.03. The number of benzene rings is 4. The topological polar surface area (TPSA) is 149 Å². The van der Waals surface area contributed by atoms with E-state index in [2.05, 4.69) is 54.9 Å². The number of nitrogens with one attached hydrogen (secondary N) is 3. The maximum absolute atomic E-state index is 13.4. The van der Waals surface area contributed by atoms with Gasteiger partial charge in [-0.1, -0.05) is 60.6 Å². The van der Waals surface area contributed by atoms with E-state index in [1.807, 2.05) is 67.6 Å². The Bertz CT molecular complexity index is 2070. The summed E-state index contributed by atoms with van der Waals surface area (Å²) in [5, 5.41) is 19.1. The molecule has 0 saturated carbocycles. The highest BCUT2D eigenvalue weighted by molar-refractivity contribution is 6.08. The SMILES string of the molecule is CCCc1nc2c(C)cc(C(=O)NCc3ccc(OC)c(OC)c3)cc2n1Cc1ccc(-c2ccccc2C(=O)Nc2nn[nH]n2)cc1. The van der Waals surface area contributed by atoms with Gasteiger partial charge < -0.3 is 19.4 Å². The van der Waals surface area contributed by atoms with Gasteiger partial charge in [0.05, 0.1) is 25.3 Å². The van der Waals surface area contributed by atoms with Crippen molar-refractivity contribution in [1.82, 2.24) is 35.5 Å². The number of rotatable bonds is 12. The Morgan fingerprint density at radius 1 is 0.896 bits per heavy atom. The second kappa shape index (κ2) is 14.2. The number of tetrazole rings is 1. The molecule has 0 aliphatic carbocycles. The number of H-pyrrole nitrogens is 1. The summed E-state index contributed by atoms with van der Waals surface area (Å²) in [6, 6.07) is 24.9. The van der Waals surface area contributed by atoms with Gasteiger partial charge in [0.1, 0.15) is 5.82 Å². The maximum Gasteiger partial charge on any atom is 0.270 e. The van der Waals surface area contributed by atoms with Crippen molar-refractivity contribution in [2.24, 2.45) is 0 Å². The average Bonchev–Trinajstić information content (AvgIpc) is 3.75. The molecule has 6 rings (SSSR count). The van der Waals surface area contributed by atoms with Gasteiger partial charge in [0.15, 0.2) is 11.5 Å². The van der Waals surface area contributed by atoms with E-state index in [1.54, 1.807) is 20.3 Å². The summed E-state index contributed by atoms with van der Waals surface area (Å²) in [7, 11) is 3.18. The van der Waals surface area contributed by atoms with E-state index in [1.165, 1.54) is 0 Å². The van der Waals surface area contributed by atoms with Crippen LogP contribution in [0.5, 0.6) is 11.5 Å². The van der Waals surface area contributed by atoms with Gasteiger partial charge in [-0.25, -0.2) is 4.98 Å². The molecule has 2 heterocycles. The lowest BCUT2D eigenvalue weighted by molar-refractivity contribution is 0.0950. The number of imidazole rings is 1. The van der Waals surface area contributed by atoms with Gasteiger partial charge in [-0.05, 0) is 76.7 Å². The molecule has 12 nitrogen and oxygen atoms in total. The first-order chi connectivity index (χ1) is 23.4. The standard InChI is InChI=1S/C36H36N8O4/c1-5-8-32-38-33-22(2)17-26(34(45)37-20-24-13-16-30(47-3)31(18-24)48-4)19-29(33)44(32)21-23-11-14-25(15-12-23)27-9-6-7-10-28(27)35(46)39-36-40-42-43-41-36/h6-7,9-19H,5,8,20-21H2,1-4H3,(H,37,45)(H2,39,40,41,42,43,46). The monoisotopic (exact) mass is 644 g/mol. The molecule has 0 aliphatic rings. The Morgan fingerprint density at radius 2 is 1.67 bits per heavy atom. The minimum Gasteiger partial charge on any atom is -0.493 e. The van der Waals surface area contributed by atoms with E-state index in [4.69, 9.17) is 14.5 Å². The fourth-order valence-corrected chi connectivity index (χ4v) is 5.73. The third kappa shape index (κ3) is 6.73. The van der Waals surface area contributed by atoms with Crippen molar-refractivity contribution in [1.29, 1.82) is 0 Å². The Labute approximate surface area is 277 Å². The zero-order valence-electron chi connectivity index (χ0n) is 27.2. The number of nitrogens with zero attached hydrogens (tertiary/aromatic N) is 5. The zero-order valence-corrected chi connectivity index (χ0v) is 27.2. The van der Waals surface area contributed by atoms with Crippen molar-refractivity contribution in [3.63, 3.8) is 0 Å². The van der Waals surface area contributed by atoms with E-state index < -0.39 is 0 Å². The molecular formula is C36H36N8O4. The highest BCUT2D eigenvalue weighted by Gasteiger charge is 2.18. The van der Waals surface area contributed by atoms with E-state index in [0.29, 0.717) is 35.7 Å². The lowest BCUT2D eigenvalue weighted by Crippen LogP contribution is -2.23. The molecule has 244 valence electrons. The number of ether oxygens (including phenoxy) is 2. The second-order valence-electron chi connectivity index (χ2n) is 11.3. The van der Waals surface area contributed by atoms with Gasteiger partial charge in [-0.2, -0.15) is 5.21 Å². The molecule has 4 aromatic carbocycles. The highest BCUT2D eigenvalue weighted by Crippen LogP contribution is 2.29. The van der Waals surface area contributed by atoms with E-state index in [-0.39, 0.29) is 17.8 Å². The van der Waals surface area contributed by atoms with Gasteiger partial charge in [0, 0.05) is 30.6 Å². The summed E-state index contributed by atoms with van der Waals surface area (Å²) < 4.78 is 12.9. The van der Waals surface area contributed by atoms with Gasteiger partial charge in [0.2, 0.25) is 0 Å². The maximum atomic E-state index is 13.4. The van der Waals surface area contributed by atoms with Crippen molar-refractivity contribution < 1.29 is 19.1 Å². The smallest absolute Gasteiger partial charge is 0.270 e. The molecule has 0 spiro atoms. The number of anilines is 1. The van der Waals surface area contributed by atoms with Gasteiger partial charge >= 0.3 is 0 Å². The molecule has 2 amide bonds. The first-order valence-corrected chi connectivity index (χ1v) is 15.6. The van der Waals surface area contributed by atoms with Gasteiger partial charge in [-0.3, -0.25) is 14.9 Å². The van der Waals surface area contributed by atoms with Crippen LogP contribution in [0.3, 0.4) is 0 Å². The van der Waals surface area contributed by atoms with Crippen LogP contribution in [-0.4, -0.2) is 56.2 Å².